The van der Waals surface area contributed by atoms with Gasteiger partial charge in [-0.3, -0.25) is 10.1 Å². The van der Waals surface area contributed by atoms with Crippen LogP contribution in [0.1, 0.15) is 25.7 Å². The Bertz CT molecular complexity index is 555. The van der Waals surface area contributed by atoms with Gasteiger partial charge < -0.3 is 20.7 Å². The number of nitrogens with two attached hydrogens (primary N) is 1. The Kier molecular flexibility index (Phi) is 4.23. The molecule has 22 heavy (non-hydrogen) atoms. The van der Waals surface area contributed by atoms with Crippen LogP contribution in [0.25, 0.3) is 0 Å². The summed E-state index contributed by atoms with van der Waals surface area (Å²) in [7, 11) is 0. The number of aromatic nitrogens is 2. The third-order valence-electron chi connectivity index (χ3n) is 3.99. The fourth-order valence-electron chi connectivity index (χ4n) is 2.84. The lowest BCUT2D eigenvalue weighted by atomic mass is 10.2. The van der Waals surface area contributed by atoms with Crippen LogP contribution in [0.5, 0.6) is 0 Å². The first kappa shape index (κ1) is 14.8. The SMILES string of the molecule is Nc1nc(N2CCCC2)nc(NC[C@@H]2CCCO2)c1[N+](=O)[O-]. The van der Waals surface area contributed by atoms with Crippen LogP contribution in [0, 0.1) is 10.1 Å². The smallest absolute Gasteiger partial charge is 0.353 e. The molecule has 1 aromatic rings. The molecular formula is C13H20N6O3. The minimum atomic E-state index is -0.541. The minimum Gasteiger partial charge on any atom is -0.378 e. The number of nitro groups is 1. The molecule has 0 unspecified atom stereocenters. The number of nitrogen functional groups attached to an aromatic ring is 1. The zero-order valence-corrected chi connectivity index (χ0v) is 12.3. The van der Waals surface area contributed by atoms with Crippen LogP contribution in [-0.2, 0) is 4.74 Å². The maximum Gasteiger partial charge on any atom is 0.353 e. The van der Waals surface area contributed by atoms with Crippen molar-refractivity contribution in [2.75, 3.05) is 42.2 Å². The molecular weight excluding hydrogens is 288 g/mol. The van der Waals surface area contributed by atoms with Gasteiger partial charge in [0.1, 0.15) is 0 Å². The van der Waals surface area contributed by atoms with Crippen molar-refractivity contribution in [2.24, 2.45) is 0 Å². The van der Waals surface area contributed by atoms with Crippen LogP contribution in [0.2, 0.25) is 0 Å². The molecule has 2 aliphatic heterocycles. The first-order chi connectivity index (χ1) is 10.6. The summed E-state index contributed by atoms with van der Waals surface area (Å²) < 4.78 is 5.52. The first-order valence-corrected chi connectivity index (χ1v) is 7.57. The molecule has 0 bridgehead atoms. The van der Waals surface area contributed by atoms with Gasteiger partial charge in [0.15, 0.2) is 0 Å². The lowest BCUT2D eigenvalue weighted by molar-refractivity contribution is -0.383. The number of ether oxygens (including phenoxy) is 1. The van der Waals surface area contributed by atoms with Gasteiger partial charge in [0.25, 0.3) is 0 Å². The van der Waals surface area contributed by atoms with Crippen molar-refractivity contribution in [3.8, 4) is 0 Å². The highest BCUT2D eigenvalue weighted by atomic mass is 16.6. The standard InChI is InChI=1S/C13H20N6O3/c14-11-10(19(20)21)12(15-8-9-4-3-7-22-9)17-13(16-11)18-5-1-2-6-18/h9H,1-8H2,(H3,14,15,16,17)/t9-/m0/s1. The number of nitrogens with zero attached hydrogens (tertiary/aromatic N) is 4. The third-order valence-corrected chi connectivity index (χ3v) is 3.99. The molecule has 0 aliphatic carbocycles. The molecule has 0 saturated carbocycles. The van der Waals surface area contributed by atoms with Gasteiger partial charge in [-0.05, 0) is 25.7 Å². The maximum atomic E-state index is 11.2. The van der Waals surface area contributed by atoms with Crippen LogP contribution < -0.4 is 16.0 Å². The molecule has 3 rings (SSSR count). The van der Waals surface area contributed by atoms with Crippen molar-refractivity contribution < 1.29 is 9.66 Å². The summed E-state index contributed by atoms with van der Waals surface area (Å²) in [5, 5.41) is 14.2. The lowest BCUT2D eigenvalue weighted by Crippen LogP contribution is -2.24. The average molecular weight is 308 g/mol. The predicted octanol–water partition coefficient (Wildman–Crippen LogP) is 1.16. The maximum absolute atomic E-state index is 11.2. The number of hydrogen-bond acceptors (Lipinski definition) is 8. The van der Waals surface area contributed by atoms with E-state index in [1.807, 2.05) is 4.90 Å². The summed E-state index contributed by atoms with van der Waals surface area (Å²) in [6.45, 7) is 2.92. The molecule has 0 spiro atoms. The van der Waals surface area contributed by atoms with Crippen molar-refractivity contribution >= 4 is 23.3 Å². The molecule has 1 aromatic heterocycles. The Labute approximate surface area is 128 Å². The summed E-state index contributed by atoms with van der Waals surface area (Å²) in [6.07, 6.45) is 4.16. The van der Waals surface area contributed by atoms with E-state index in [4.69, 9.17) is 10.5 Å². The van der Waals surface area contributed by atoms with E-state index in [1.165, 1.54) is 0 Å². The summed E-state index contributed by atoms with van der Waals surface area (Å²) in [4.78, 5) is 21.1. The van der Waals surface area contributed by atoms with E-state index in [1.54, 1.807) is 0 Å². The van der Waals surface area contributed by atoms with E-state index in [9.17, 15) is 10.1 Å². The van der Waals surface area contributed by atoms with Gasteiger partial charge in [0, 0.05) is 26.2 Å². The highest BCUT2D eigenvalue weighted by Gasteiger charge is 2.27. The Morgan fingerprint density at radius 1 is 1.36 bits per heavy atom. The van der Waals surface area contributed by atoms with Crippen molar-refractivity contribution in [1.29, 1.82) is 0 Å². The minimum absolute atomic E-state index is 0.0611. The molecule has 2 saturated heterocycles. The number of hydrogen-bond donors (Lipinski definition) is 2. The second-order valence-electron chi connectivity index (χ2n) is 5.57. The number of rotatable bonds is 5. The van der Waals surface area contributed by atoms with E-state index < -0.39 is 4.92 Å². The lowest BCUT2D eigenvalue weighted by Gasteiger charge is -2.17. The normalized spacial score (nSPS) is 21.3. The first-order valence-electron chi connectivity index (χ1n) is 7.57. The Morgan fingerprint density at radius 3 is 2.77 bits per heavy atom. The second kappa shape index (κ2) is 6.30. The zero-order valence-electron chi connectivity index (χ0n) is 12.3. The predicted molar refractivity (Wildman–Crippen MR) is 82.0 cm³/mol. The largest absolute Gasteiger partial charge is 0.378 e. The van der Waals surface area contributed by atoms with E-state index in [0.717, 1.165) is 45.4 Å². The molecule has 2 aliphatic rings. The van der Waals surface area contributed by atoms with Crippen LogP contribution in [0.3, 0.4) is 0 Å². The summed E-state index contributed by atoms with van der Waals surface area (Å²) in [5.41, 5.74) is 5.52. The quantitative estimate of drug-likeness (QED) is 0.614. The highest BCUT2D eigenvalue weighted by molar-refractivity contribution is 5.70. The van der Waals surface area contributed by atoms with Crippen LogP contribution >= 0.6 is 0 Å². The van der Waals surface area contributed by atoms with Gasteiger partial charge in [-0.1, -0.05) is 0 Å². The highest BCUT2D eigenvalue weighted by Crippen LogP contribution is 2.31. The Hall–Kier alpha value is -2.16. The number of nitrogens with one attached hydrogen (secondary N) is 1. The Morgan fingerprint density at radius 2 is 2.14 bits per heavy atom. The van der Waals surface area contributed by atoms with Gasteiger partial charge in [-0.15, -0.1) is 0 Å². The van der Waals surface area contributed by atoms with Crippen molar-refractivity contribution in [3.05, 3.63) is 10.1 Å². The van der Waals surface area contributed by atoms with Gasteiger partial charge in [-0.25, -0.2) is 0 Å². The fraction of sp³-hybridized carbons (Fsp3) is 0.692. The molecule has 2 fully saturated rings. The summed E-state index contributed by atoms with van der Waals surface area (Å²) in [5.74, 6) is 0.530. The number of anilines is 3. The molecule has 9 nitrogen and oxygen atoms in total. The topological polar surface area (TPSA) is 119 Å². The average Bonchev–Trinajstić information content (AvgIpc) is 3.17. The van der Waals surface area contributed by atoms with Crippen LogP contribution in [0.4, 0.5) is 23.3 Å². The van der Waals surface area contributed by atoms with Gasteiger partial charge in [-0.2, -0.15) is 9.97 Å². The van der Waals surface area contributed by atoms with Crippen LogP contribution in [-0.4, -0.2) is 47.2 Å². The summed E-state index contributed by atoms with van der Waals surface area (Å²) in [6, 6.07) is 0. The Balaban J connectivity index is 1.84. The molecule has 1 atom stereocenters. The van der Waals surface area contributed by atoms with Crippen molar-refractivity contribution in [1.82, 2.24) is 9.97 Å². The summed E-state index contributed by atoms with van der Waals surface area (Å²) >= 11 is 0. The molecule has 120 valence electrons. The molecule has 9 heteroatoms. The van der Waals surface area contributed by atoms with Crippen molar-refractivity contribution in [2.45, 2.75) is 31.8 Å². The van der Waals surface area contributed by atoms with E-state index in [-0.39, 0.29) is 23.4 Å². The zero-order chi connectivity index (χ0) is 15.5. The van der Waals surface area contributed by atoms with Gasteiger partial charge in [0.05, 0.1) is 11.0 Å². The van der Waals surface area contributed by atoms with Crippen LogP contribution in [0.15, 0.2) is 0 Å². The molecule has 3 heterocycles. The van der Waals surface area contributed by atoms with E-state index in [2.05, 4.69) is 15.3 Å². The molecule has 3 N–H and O–H groups in total. The third kappa shape index (κ3) is 3.03. The monoisotopic (exact) mass is 308 g/mol. The molecule has 0 radical (unpaired) electrons. The second-order valence-corrected chi connectivity index (χ2v) is 5.57. The fourth-order valence-corrected chi connectivity index (χ4v) is 2.84. The van der Waals surface area contributed by atoms with Crippen molar-refractivity contribution in [3.63, 3.8) is 0 Å². The molecule has 0 amide bonds. The van der Waals surface area contributed by atoms with E-state index in [0.29, 0.717) is 12.5 Å². The van der Waals surface area contributed by atoms with E-state index >= 15 is 0 Å². The molecule has 0 aromatic carbocycles. The van der Waals surface area contributed by atoms with Gasteiger partial charge in [0.2, 0.25) is 17.6 Å². The van der Waals surface area contributed by atoms with Gasteiger partial charge >= 0.3 is 5.69 Å².